The van der Waals surface area contributed by atoms with Crippen molar-refractivity contribution in [3.05, 3.63) is 54.6 Å². The molecule has 1 amide bonds. The van der Waals surface area contributed by atoms with Gasteiger partial charge in [0, 0.05) is 12.6 Å². The van der Waals surface area contributed by atoms with Crippen LogP contribution in [0.2, 0.25) is 0 Å². The molecule has 18 heavy (non-hydrogen) atoms. The van der Waals surface area contributed by atoms with E-state index in [0.29, 0.717) is 17.9 Å². The fourth-order valence-electron chi connectivity index (χ4n) is 1.08. The first kappa shape index (κ1) is 16.0. The van der Waals surface area contributed by atoms with Gasteiger partial charge in [-0.1, -0.05) is 33.1 Å². The van der Waals surface area contributed by atoms with Gasteiger partial charge in [-0.25, -0.2) is 0 Å². The molecule has 0 atom stereocenters. The van der Waals surface area contributed by atoms with Gasteiger partial charge in [-0.05, 0) is 29.8 Å². The molecule has 0 aliphatic carbocycles. The minimum absolute atomic E-state index is 0.109. The fraction of sp³-hybridized carbons (Fsp3) is 0.267. The zero-order valence-corrected chi connectivity index (χ0v) is 11.3. The van der Waals surface area contributed by atoms with E-state index in [1.807, 2.05) is 13.8 Å². The van der Waals surface area contributed by atoms with E-state index in [2.05, 4.69) is 18.5 Å². The molecule has 0 bridgehead atoms. The second kappa shape index (κ2) is 9.05. The summed E-state index contributed by atoms with van der Waals surface area (Å²) in [4.78, 5) is 11.3. The van der Waals surface area contributed by atoms with E-state index < -0.39 is 0 Å². The topological polar surface area (TPSA) is 38.3 Å². The molecule has 0 aliphatic rings. The van der Waals surface area contributed by atoms with E-state index in [-0.39, 0.29) is 5.91 Å². The van der Waals surface area contributed by atoms with Gasteiger partial charge >= 0.3 is 0 Å². The van der Waals surface area contributed by atoms with E-state index in [9.17, 15) is 4.79 Å². The fourth-order valence-corrected chi connectivity index (χ4v) is 1.08. The highest BCUT2D eigenvalue weighted by Crippen LogP contribution is 2.12. The summed E-state index contributed by atoms with van der Waals surface area (Å²) in [6.07, 6.45) is 1.65. The first-order valence-corrected chi connectivity index (χ1v) is 5.92. The van der Waals surface area contributed by atoms with E-state index in [1.54, 1.807) is 37.4 Å². The van der Waals surface area contributed by atoms with Gasteiger partial charge in [0.05, 0.1) is 0 Å². The van der Waals surface area contributed by atoms with Crippen LogP contribution in [0.25, 0.3) is 0 Å². The van der Waals surface area contributed by atoms with Gasteiger partial charge in [0.25, 0.3) is 5.91 Å². The number of benzene rings is 1. The standard InChI is InChI=1S/C13H15NO2.C2H6/c1-4-10(2)9-16-12-7-5-11(6-8-12)13(15)14-3;1-2/h4-8H,1-2,9H2,3H3,(H,14,15);1-2H3. The number of hydrogen-bond acceptors (Lipinski definition) is 2. The molecule has 0 spiro atoms. The summed E-state index contributed by atoms with van der Waals surface area (Å²) in [6.45, 7) is 11.7. The maximum absolute atomic E-state index is 11.3. The van der Waals surface area contributed by atoms with Crippen LogP contribution in [0.3, 0.4) is 0 Å². The molecule has 0 aliphatic heterocycles. The third-order valence-corrected chi connectivity index (χ3v) is 2.06. The number of carbonyl (C=O) groups is 1. The van der Waals surface area contributed by atoms with Crippen molar-refractivity contribution in [3.8, 4) is 5.75 Å². The molecule has 0 unspecified atom stereocenters. The third-order valence-electron chi connectivity index (χ3n) is 2.06. The Morgan fingerprint density at radius 3 is 2.33 bits per heavy atom. The molecule has 0 heterocycles. The molecule has 0 aromatic heterocycles. The van der Waals surface area contributed by atoms with Gasteiger partial charge < -0.3 is 10.1 Å². The lowest BCUT2D eigenvalue weighted by Crippen LogP contribution is -2.17. The number of rotatable bonds is 5. The van der Waals surface area contributed by atoms with Crippen molar-refractivity contribution in [2.24, 2.45) is 0 Å². The summed E-state index contributed by atoms with van der Waals surface area (Å²) in [5.74, 6) is 0.595. The minimum Gasteiger partial charge on any atom is -0.489 e. The summed E-state index contributed by atoms with van der Waals surface area (Å²) in [6, 6.07) is 6.93. The van der Waals surface area contributed by atoms with Crippen LogP contribution in [0, 0.1) is 0 Å². The lowest BCUT2D eigenvalue weighted by atomic mass is 10.2. The number of ether oxygens (including phenoxy) is 1. The Morgan fingerprint density at radius 2 is 1.89 bits per heavy atom. The summed E-state index contributed by atoms with van der Waals surface area (Å²) >= 11 is 0. The number of amides is 1. The van der Waals surface area contributed by atoms with E-state index in [1.165, 1.54) is 0 Å². The molecule has 3 nitrogen and oxygen atoms in total. The summed E-state index contributed by atoms with van der Waals surface area (Å²) in [5, 5.41) is 2.55. The second-order valence-electron chi connectivity index (χ2n) is 3.25. The molecule has 98 valence electrons. The number of hydrogen-bond donors (Lipinski definition) is 1. The maximum Gasteiger partial charge on any atom is 0.251 e. The molecule has 0 fully saturated rings. The normalized spacial score (nSPS) is 8.61. The van der Waals surface area contributed by atoms with Gasteiger partial charge in [0.15, 0.2) is 0 Å². The Morgan fingerprint density at radius 1 is 1.33 bits per heavy atom. The Bertz CT molecular complexity index is 393. The van der Waals surface area contributed by atoms with Crippen molar-refractivity contribution in [2.75, 3.05) is 13.7 Å². The average Bonchev–Trinajstić information content (AvgIpc) is 2.46. The molecule has 1 aromatic rings. The lowest BCUT2D eigenvalue weighted by Gasteiger charge is -2.06. The van der Waals surface area contributed by atoms with Crippen molar-refractivity contribution in [1.82, 2.24) is 5.32 Å². The highest BCUT2D eigenvalue weighted by Gasteiger charge is 2.02. The van der Waals surface area contributed by atoms with Crippen LogP contribution in [-0.4, -0.2) is 19.6 Å². The lowest BCUT2D eigenvalue weighted by molar-refractivity contribution is 0.0963. The Labute approximate surface area is 109 Å². The molecular formula is C15H21NO2. The van der Waals surface area contributed by atoms with Gasteiger partial charge in [-0.2, -0.15) is 0 Å². The molecule has 0 saturated heterocycles. The van der Waals surface area contributed by atoms with Crippen LogP contribution in [0.5, 0.6) is 5.75 Å². The van der Waals surface area contributed by atoms with Gasteiger partial charge in [-0.15, -0.1) is 0 Å². The Kier molecular flexibility index (Phi) is 8.03. The van der Waals surface area contributed by atoms with E-state index in [4.69, 9.17) is 4.74 Å². The monoisotopic (exact) mass is 247 g/mol. The maximum atomic E-state index is 11.3. The highest BCUT2D eigenvalue weighted by atomic mass is 16.5. The number of nitrogens with one attached hydrogen (secondary N) is 1. The van der Waals surface area contributed by atoms with Crippen molar-refractivity contribution in [1.29, 1.82) is 0 Å². The van der Waals surface area contributed by atoms with Crippen molar-refractivity contribution < 1.29 is 9.53 Å². The summed E-state index contributed by atoms with van der Waals surface area (Å²) in [5.41, 5.74) is 1.42. The largest absolute Gasteiger partial charge is 0.489 e. The van der Waals surface area contributed by atoms with Crippen molar-refractivity contribution in [2.45, 2.75) is 13.8 Å². The van der Waals surface area contributed by atoms with Crippen LogP contribution >= 0.6 is 0 Å². The zero-order chi connectivity index (χ0) is 14.0. The Hall–Kier alpha value is -2.03. The molecule has 1 rings (SSSR count). The smallest absolute Gasteiger partial charge is 0.251 e. The molecule has 0 saturated carbocycles. The first-order chi connectivity index (χ1) is 8.67. The molecule has 1 aromatic carbocycles. The molecule has 1 N–H and O–H groups in total. The van der Waals surface area contributed by atoms with Gasteiger partial charge in [0.2, 0.25) is 0 Å². The average molecular weight is 247 g/mol. The third kappa shape index (κ3) is 5.34. The second-order valence-corrected chi connectivity index (χ2v) is 3.25. The zero-order valence-electron chi connectivity index (χ0n) is 11.3. The van der Waals surface area contributed by atoms with E-state index in [0.717, 1.165) is 5.57 Å². The first-order valence-electron chi connectivity index (χ1n) is 5.92. The summed E-state index contributed by atoms with van der Waals surface area (Å²) in [7, 11) is 1.60. The Balaban J connectivity index is 0.00000137. The van der Waals surface area contributed by atoms with Gasteiger partial charge in [0.1, 0.15) is 12.4 Å². The van der Waals surface area contributed by atoms with Crippen molar-refractivity contribution in [3.63, 3.8) is 0 Å². The molecular weight excluding hydrogens is 226 g/mol. The predicted molar refractivity (Wildman–Crippen MR) is 76.0 cm³/mol. The summed E-state index contributed by atoms with van der Waals surface area (Å²) < 4.78 is 5.42. The van der Waals surface area contributed by atoms with E-state index >= 15 is 0 Å². The van der Waals surface area contributed by atoms with Crippen LogP contribution < -0.4 is 10.1 Å². The van der Waals surface area contributed by atoms with Gasteiger partial charge in [-0.3, -0.25) is 4.79 Å². The number of carbonyl (C=O) groups excluding carboxylic acids is 1. The van der Waals surface area contributed by atoms with Crippen LogP contribution in [0.1, 0.15) is 24.2 Å². The van der Waals surface area contributed by atoms with Crippen LogP contribution in [-0.2, 0) is 0 Å². The molecule has 3 heteroatoms. The predicted octanol–water partition coefficient (Wildman–Crippen LogP) is 3.19. The minimum atomic E-state index is -0.109. The van der Waals surface area contributed by atoms with Crippen LogP contribution in [0.4, 0.5) is 0 Å². The molecule has 0 radical (unpaired) electrons. The van der Waals surface area contributed by atoms with Crippen molar-refractivity contribution >= 4 is 5.91 Å². The van der Waals surface area contributed by atoms with Crippen LogP contribution in [0.15, 0.2) is 49.1 Å². The quantitative estimate of drug-likeness (QED) is 0.811. The SMILES string of the molecule is C=CC(=C)COc1ccc(C(=O)NC)cc1.CC. The highest BCUT2D eigenvalue weighted by molar-refractivity contribution is 5.94.